The number of hydrogen-bond donors (Lipinski definition) is 2. The fourth-order valence-electron chi connectivity index (χ4n) is 2.19. The van der Waals surface area contributed by atoms with Crippen LogP contribution in [0.4, 0.5) is 30.4 Å². The van der Waals surface area contributed by atoms with E-state index in [0.29, 0.717) is 16.4 Å². The van der Waals surface area contributed by atoms with Gasteiger partial charge in [0, 0.05) is 11.8 Å². The van der Waals surface area contributed by atoms with E-state index >= 15 is 0 Å². The van der Waals surface area contributed by atoms with Crippen molar-refractivity contribution in [2.75, 3.05) is 10.6 Å². The number of carbonyl (C=O) groups excluding carboxylic acids is 1. The number of benzene rings is 2. The Balaban J connectivity index is 1.73. The Kier molecular flexibility index (Phi) is 5.27. The molecule has 0 bridgehead atoms. The Morgan fingerprint density at radius 3 is 2.37 bits per heavy atom. The normalized spacial score (nSPS) is 11.1. The van der Waals surface area contributed by atoms with Gasteiger partial charge in [-0.15, -0.1) is 0 Å². The van der Waals surface area contributed by atoms with Crippen LogP contribution in [0, 0.1) is 0 Å². The maximum Gasteiger partial charge on any atom is 0.416 e. The van der Waals surface area contributed by atoms with Crippen LogP contribution in [0.25, 0.3) is 0 Å². The largest absolute Gasteiger partial charge is 0.416 e. The van der Waals surface area contributed by atoms with E-state index in [1.165, 1.54) is 24.5 Å². The summed E-state index contributed by atoms with van der Waals surface area (Å²) in [7, 11) is 0. The van der Waals surface area contributed by atoms with Crippen molar-refractivity contribution in [3.05, 3.63) is 77.2 Å². The van der Waals surface area contributed by atoms with Crippen LogP contribution in [0.15, 0.2) is 60.9 Å². The number of alkyl halides is 3. The number of aromatic nitrogens is 2. The maximum atomic E-state index is 12.6. The lowest BCUT2D eigenvalue weighted by atomic mass is 10.2. The van der Waals surface area contributed by atoms with Gasteiger partial charge in [0.05, 0.1) is 16.3 Å². The Morgan fingerprint density at radius 2 is 1.70 bits per heavy atom. The molecule has 0 atom stereocenters. The molecule has 1 aromatic heterocycles. The number of anilines is 3. The fraction of sp³-hybridized carbons (Fsp3) is 0.0556. The van der Waals surface area contributed by atoms with Gasteiger partial charge < -0.3 is 10.6 Å². The average molecular weight is 393 g/mol. The SMILES string of the molecule is O=C(Nc1ccccc1Cl)c1cc(Nc2ccc(C(F)(F)F)cc2)ncn1. The number of hydrogen-bond acceptors (Lipinski definition) is 4. The van der Waals surface area contributed by atoms with Gasteiger partial charge in [0.1, 0.15) is 17.8 Å². The zero-order valence-corrected chi connectivity index (χ0v) is 14.3. The molecule has 0 saturated heterocycles. The highest BCUT2D eigenvalue weighted by Gasteiger charge is 2.29. The van der Waals surface area contributed by atoms with Gasteiger partial charge in [0.15, 0.2) is 0 Å². The van der Waals surface area contributed by atoms with Crippen LogP contribution in [0.2, 0.25) is 5.02 Å². The minimum atomic E-state index is -4.41. The zero-order chi connectivity index (χ0) is 19.4. The van der Waals surface area contributed by atoms with E-state index in [0.717, 1.165) is 12.1 Å². The molecular weight excluding hydrogens is 381 g/mol. The standard InChI is InChI=1S/C18H12ClF3N4O/c19-13-3-1-2-4-14(13)26-17(27)15-9-16(24-10-23-15)25-12-7-5-11(6-8-12)18(20,21)22/h1-10H,(H,26,27)(H,23,24,25). The molecule has 27 heavy (non-hydrogen) atoms. The van der Waals surface area contributed by atoms with Crippen molar-refractivity contribution in [3.8, 4) is 0 Å². The highest BCUT2D eigenvalue weighted by Crippen LogP contribution is 2.30. The van der Waals surface area contributed by atoms with Gasteiger partial charge in [-0.1, -0.05) is 23.7 Å². The lowest BCUT2D eigenvalue weighted by molar-refractivity contribution is -0.137. The Morgan fingerprint density at radius 1 is 1.00 bits per heavy atom. The van der Waals surface area contributed by atoms with E-state index in [-0.39, 0.29) is 11.5 Å². The molecule has 0 fully saturated rings. The molecule has 0 aliphatic rings. The Hall–Kier alpha value is -3.13. The lowest BCUT2D eigenvalue weighted by Crippen LogP contribution is -2.14. The van der Waals surface area contributed by atoms with Crippen LogP contribution in [0.3, 0.4) is 0 Å². The molecule has 5 nitrogen and oxygen atoms in total. The van der Waals surface area contributed by atoms with Gasteiger partial charge in [-0.2, -0.15) is 13.2 Å². The third kappa shape index (κ3) is 4.73. The van der Waals surface area contributed by atoms with Crippen molar-refractivity contribution in [2.45, 2.75) is 6.18 Å². The lowest BCUT2D eigenvalue weighted by Gasteiger charge is -2.10. The second kappa shape index (κ2) is 7.63. The van der Waals surface area contributed by atoms with Crippen molar-refractivity contribution in [2.24, 2.45) is 0 Å². The third-order valence-corrected chi connectivity index (χ3v) is 3.84. The topological polar surface area (TPSA) is 66.9 Å². The number of nitrogens with one attached hydrogen (secondary N) is 2. The van der Waals surface area contributed by atoms with Gasteiger partial charge in [-0.05, 0) is 36.4 Å². The molecule has 3 aromatic rings. The molecule has 0 aliphatic heterocycles. The van der Waals surface area contributed by atoms with Crippen LogP contribution < -0.4 is 10.6 Å². The number of nitrogens with zero attached hydrogens (tertiary/aromatic N) is 2. The van der Waals surface area contributed by atoms with Crippen molar-refractivity contribution in [3.63, 3.8) is 0 Å². The summed E-state index contributed by atoms with van der Waals surface area (Å²) in [4.78, 5) is 20.2. The number of rotatable bonds is 4. The number of para-hydroxylation sites is 1. The molecule has 0 unspecified atom stereocenters. The molecule has 0 saturated carbocycles. The highest BCUT2D eigenvalue weighted by molar-refractivity contribution is 6.33. The van der Waals surface area contributed by atoms with Crippen molar-refractivity contribution >= 4 is 34.7 Å². The average Bonchev–Trinajstić information content (AvgIpc) is 2.63. The molecule has 0 radical (unpaired) electrons. The second-order valence-corrected chi connectivity index (χ2v) is 5.83. The van der Waals surface area contributed by atoms with Gasteiger partial charge in [-0.25, -0.2) is 9.97 Å². The summed E-state index contributed by atoms with van der Waals surface area (Å²) in [6, 6.07) is 12.6. The van der Waals surface area contributed by atoms with E-state index in [9.17, 15) is 18.0 Å². The van der Waals surface area contributed by atoms with Crippen molar-refractivity contribution in [1.82, 2.24) is 9.97 Å². The zero-order valence-electron chi connectivity index (χ0n) is 13.6. The van der Waals surface area contributed by atoms with Crippen LogP contribution in [0.5, 0.6) is 0 Å². The molecule has 0 aliphatic carbocycles. The van der Waals surface area contributed by atoms with E-state index in [1.54, 1.807) is 24.3 Å². The first-order chi connectivity index (χ1) is 12.8. The molecule has 3 rings (SSSR count). The molecule has 9 heteroatoms. The van der Waals surface area contributed by atoms with E-state index in [1.807, 2.05) is 0 Å². The summed E-state index contributed by atoms with van der Waals surface area (Å²) >= 11 is 6.00. The van der Waals surface area contributed by atoms with Gasteiger partial charge in [-0.3, -0.25) is 4.79 Å². The summed E-state index contributed by atoms with van der Waals surface area (Å²) in [5.74, 6) is -0.241. The monoisotopic (exact) mass is 392 g/mol. The van der Waals surface area contributed by atoms with Crippen LogP contribution in [-0.2, 0) is 6.18 Å². The van der Waals surface area contributed by atoms with Crippen molar-refractivity contribution < 1.29 is 18.0 Å². The number of amides is 1. The number of halogens is 4. The van der Waals surface area contributed by atoms with E-state index < -0.39 is 17.6 Å². The summed E-state index contributed by atoms with van der Waals surface area (Å²) in [5.41, 5.74) is 0.133. The van der Waals surface area contributed by atoms with Gasteiger partial charge in [0.25, 0.3) is 5.91 Å². The van der Waals surface area contributed by atoms with Crippen LogP contribution >= 0.6 is 11.6 Å². The quantitative estimate of drug-likeness (QED) is 0.644. The first-order valence-electron chi connectivity index (χ1n) is 7.65. The first-order valence-corrected chi connectivity index (χ1v) is 8.03. The highest BCUT2D eigenvalue weighted by atomic mass is 35.5. The first kappa shape index (κ1) is 18.7. The molecule has 1 amide bonds. The van der Waals surface area contributed by atoms with Gasteiger partial charge >= 0.3 is 6.18 Å². The van der Waals surface area contributed by atoms with Crippen LogP contribution in [0.1, 0.15) is 16.1 Å². The summed E-state index contributed by atoms with van der Waals surface area (Å²) in [6.07, 6.45) is -3.23. The predicted molar refractivity (Wildman–Crippen MR) is 96.2 cm³/mol. The molecular formula is C18H12ClF3N4O. The Labute approximate surface area is 157 Å². The molecule has 1 heterocycles. The van der Waals surface area contributed by atoms with Crippen molar-refractivity contribution in [1.29, 1.82) is 0 Å². The third-order valence-electron chi connectivity index (χ3n) is 3.51. The fourth-order valence-corrected chi connectivity index (χ4v) is 2.37. The Bertz CT molecular complexity index is 961. The molecule has 138 valence electrons. The molecule has 0 spiro atoms. The van der Waals surface area contributed by atoms with Gasteiger partial charge in [0.2, 0.25) is 0 Å². The number of carbonyl (C=O) groups is 1. The summed E-state index contributed by atoms with van der Waals surface area (Å²) < 4.78 is 37.8. The molecule has 2 N–H and O–H groups in total. The molecule has 2 aromatic carbocycles. The minimum Gasteiger partial charge on any atom is -0.340 e. The predicted octanol–water partition coefficient (Wildman–Crippen LogP) is 5.14. The minimum absolute atomic E-state index is 0.0688. The smallest absolute Gasteiger partial charge is 0.340 e. The second-order valence-electron chi connectivity index (χ2n) is 5.42. The summed E-state index contributed by atoms with van der Waals surface area (Å²) in [5, 5.41) is 5.83. The summed E-state index contributed by atoms with van der Waals surface area (Å²) in [6.45, 7) is 0. The van der Waals surface area contributed by atoms with E-state index in [2.05, 4.69) is 20.6 Å². The van der Waals surface area contributed by atoms with Crippen LogP contribution in [-0.4, -0.2) is 15.9 Å². The maximum absolute atomic E-state index is 12.6. The van der Waals surface area contributed by atoms with E-state index in [4.69, 9.17) is 11.6 Å².